The fourth-order valence-corrected chi connectivity index (χ4v) is 1.03. The SMILES string of the molecule is CCc1ccccc1OC(F)=C(F)F. The summed E-state index contributed by atoms with van der Waals surface area (Å²) in [7, 11) is 0. The molecular formula is C10H9F3O. The van der Waals surface area contributed by atoms with Crippen LogP contribution in [0.3, 0.4) is 0 Å². The smallest absolute Gasteiger partial charge is 0.344 e. The molecule has 76 valence electrons. The Hall–Kier alpha value is -1.45. The van der Waals surface area contributed by atoms with Gasteiger partial charge in [-0.05, 0) is 18.1 Å². The van der Waals surface area contributed by atoms with Crippen LogP contribution < -0.4 is 4.74 Å². The van der Waals surface area contributed by atoms with Crippen LogP contribution in [0.25, 0.3) is 0 Å². The van der Waals surface area contributed by atoms with Crippen molar-refractivity contribution in [1.82, 2.24) is 0 Å². The van der Waals surface area contributed by atoms with Gasteiger partial charge in [0, 0.05) is 0 Å². The average Bonchev–Trinajstić information content (AvgIpc) is 2.18. The van der Waals surface area contributed by atoms with Crippen LogP contribution in [0.15, 0.2) is 36.4 Å². The molecule has 1 nitrogen and oxygen atoms in total. The zero-order valence-electron chi connectivity index (χ0n) is 7.56. The first-order valence-electron chi connectivity index (χ1n) is 4.11. The predicted octanol–water partition coefficient (Wildman–Crippen LogP) is 3.66. The van der Waals surface area contributed by atoms with Gasteiger partial charge in [-0.2, -0.15) is 13.2 Å². The predicted molar refractivity (Wildman–Crippen MR) is 46.8 cm³/mol. The number of rotatable bonds is 3. The van der Waals surface area contributed by atoms with Crippen molar-refractivity contribution in [2.45, 2.75) is 13.3 Å². The largest absolute Gasteiger partial charge is 0.428 e. The Balaban J connectivity index is 2.91. The van der Waals surface area contributed by atoms with Crippen LogP contribution in [-0.2, 0) is 6.42 Å². The second-order valence-corrected chi connectivity index (χ2v) is 2.60. The van der Waals surface area contributed by atoms with E-state index in [9.17, 15) is 13.2 Å². The normalized spacial score (nSPS) is 9.71. The van der Waals surface area contributed by atoms with Crippen LogP contribution in [0.5, 0.6) is 5.75 Å². The molecular weight excluding hydrogens is 193 g/mol. The molecule has 0 saturated heterocycles. The van der Waals surface area contributed by atoms with Gasteiger partial charge in [0.2, 0.25) is 0 Å². The van der Waals surface area contributed by atoms with E-state index in [4.69, 9.17) is 0 Å². The second kappa shape index (κ2) is 4.69. The Morgan fingerprint density at radius 2 is 1.86 bits per heavy atom. The molecule has 1 aromatic rings. The standard InChI is InChI=1S/C10H9F3O/c1-2-7-5-3-4-6-8(7)14-10(13)9(11)12/h3-6H,2H2,1H3. The molecule has 0 aliphatic rings. The van der Waals surface area contributed by atoms with E-state index in [2.05, 4.69) is 4.74 Å². The molecule has 0 heterocycles. The van der Waals surface area contributed by atoms with Gasteiger partial charge in [-0.3, -0.25) is 0 Å². The minimum Gasteiger partial charge on any atom is -0.428 e. The molecule has 0 bridgehead atoms. The molecule has 0 aliphatic heterocycles. The van der Waals surface area contributed by atoms with E-state index < -0.39 is 12.1 Å². The highest BCUT2D eigenvalue weighted by Gasteiger charge is 2.09. The first-order chi connectivity index (χ1) is 6.65. The highest BCUT2D eigenvalue weighted by atomic mass is 19.3. The lowest BCUT2D eigenvalue weighted by Crippen LogP contribution is -1.94. The van der Waals surface area contributed by atoms with Crippen LogP contribution in [0, 0.1) is 0 Å². The quantitative estimate of drug-likeness (QED) is 0.679. The molecule has 0 amide bonds. The molecule has 0 spiro atoms. The number of para-hydroxylation sites is 1. The third-order valence-corrected chi connectivity index (χ3v) is 1.70. The zero-order chi connectivity index (χ0) is 10.6. The molecule has 1 rings (SSSR count). The van der Waals surface area contributed by atoms with Crippen molar-refractivity contribution in [2.24, 2.45) is 0 Å². The van der Waals surface area contributed by atoms with Gasteiger partial charge in [-0.1, -0.05) is 25.1 Å². The lowest BCUT2D eigenvalue weighted by atomic mass is 10.1. The van der Waals surface area contributed by atoms with E-state index in [-0.39, 0.29) is 5.75 Å². The van der Waals surface area contributed by atoms with E-state index in [1.54, 1.807) is 18.2 Å². The molecule has 14 heavy (non-hydrogen) atoms. The fraction of sp³-hybridized carbons (Fsp3) is 0.200. The van der Waals surface area contributed by atoms with E-state index in [1.165, 1.54) is 6.07 Å². The van der Waals surface area contributed by atoms with E-state index in [0.29, 0.717) is 12.0 Å². The lowest BCUT2D eigenvalue weighted by molar-refractivity contribution is 0.240. The monoisotopic (exact) mass is 202 g/mol. The molecule has 4 heteroatoms. The van der Waals surface area contributed by atoms with Crippen LogP contribution in [-0.4, -0.2) is 0 Å². The summed E-state index contributed by atoms with van der Waals surface area (Å²) in [5.74, 6) is 0.125. The van der Waals surface area contributed by atoms with Crippen molar-refractivity contribution in [3.05, 3.63) is 41.9 Å². The number of halogens is 3. The van der Waals surface area contributed by atoms with Crippen molar-refractivity contribution >= 4 is 0 Å². The minimum absolute atomic E-state index is 0.125. The van der Waals surface area contributed by atoms with Gasteiger partial charge in [0.1, 0.15) is 5.75 Å². The minimum atomic E-state index is -2.45. The van der Waals surface area contributed by atoms with Gasteiger partial charge < -0.3 is 4.74 Å². The molecule has 0 N–H and O–H groups in total. The van der Waals surface area contributed by atoms with Gasteiger partial charge in [0.15, 0.2) is 0 Å². The first-order valence-corrected chi connectivity index (χ1v) is 4.11. The van der Waals surface area contributed by atoms with Crippen LogP contribution in [0.1, 0.15) is 12.5 Å². The van der Waals surface area contributed by atoms with E-state index in [0.717, 1.165) is 0 Å². The summed E-state index contributed by atoms with van der Waals surface area (Å²) in [6, 6.07) is 4.63. The molecule has 0 aliphatic carbocycles. The summed E-state index contributed by atoms with van der Waals surface area (Å²) in [5, 5.41) is 0. The van der Waals surface area contributed by atoms with Crippen molar-refractivity contribution in [3.8, 4) is 5.75 Å². The Kier molecular flexibility index (Phi) is 3.56. The molecule has 0 fully saturated rings. The summed E-state index contributed by atoms with van der Waals surface area (Å²) < 4.78 is 40.3. The Morgan fingerprint density at radius 3 is 2.43 bits per heavy atom. The van der Waals surface area contributed by atoms with Gasteiger partial charge in [-0.15, -0.1) is 0 Å². The Morgan fingerprint density at radius 1 is 1.21 bits per heavy atom. The molecule has 0 saturated carbocycles. The summed E-state index contributed by atoms with van der Waals surface area (Å²) in [6.07, 6.45) is -1.85. The van der Waals surface area contributed by atoms with E-state index in [1.807, 2.05) is 6.92 Å². The zero-order valence-corrected chi connectivity index (χ0v) is 7.56. The average molecular weight is 202 g/mol. The maximum Gasteiger partial charge on any atom is 0.344 e. The maximum absolute atomic E-state index is 12.4. The second-order valence-electron chi connectivity index (χ2n) is 2.60. The van der Waals surface area contributed by atoms with Crippen molar-refractivity contribution in [1.29, 1.82) is 0 Å². The highest BCUT2D eigenvalue weighted by Crippen LogP contribution is 2.22. The molecule has 0 atom stereocenters. The third-order valence-electron chi connectivity index (χ3n) is 1.70. The number of ether oxygens (including phenoxy) is 1. The van der Waals surface area contributed by atoms with E-state index >= 15 is 0 Å². The van der Waals surface area contributed by atoms with Gasteiger partial charge in [0.25, 0.3) is 0 Å². The number of hydrogen-bond donors (Lipinski definition) is 0. The molecule has 1 aromatic carbocycles. The number of benzene rings is 1. The van der Waals surface area contributed by atoms with Gasteiger partial charge in [0.05, 0.1) is 0 Å². The van der Waals surface area contributed by atoms with Crippen LogP contribution >= 0.6 is 0 Å². The number of hydrogen-bond acceptors (Lipinski definition) is 1. The molecule has 0 radical (unpaired) electrons. The molecule has 0 aromatic heterocycles. The third kappa shape index (κ3) is 2.52. The first kappa shape index (κ1) is 10.6. The topological polar surface area (TPSA) is 9.23 Å². The lowest BCUT2D eigenvalue weighted by Gasteiger charge is -2.06. The highest BCUT2D eigenvalue weighted by molar-refractivity contribution is 5.34. The van der Waals surface area contributed by atoms with Gasteiger partial charge >= 0.3 is 12.1 Å². The fourth-order valence-electron chi connectivity index (χ4n) is 1.03. The van der Waals surface area contributed by atoms with Crippen molar-refractivity contribution in [2.75, 3.05) is 0 Å². The summed E-state index contributed by atoms with van der Waals surface area (Å²) >= 11 is 0. The van der Waals surface area contributed by atoms with Crippen molar-refractivity contribution < 1.29 is 17.9 Å². The van der Waals surface area contributed by atoms with Crippen LogP contribution in [0.4, 0.5) is 13.2 Å². The van der Waals surface area contributed by atoms with Crippen molar-refractivity contribution in [3.63, 3.8) is 0 Å². The summed E-state index contributed by atoms with van der Waals surface area (Å²) in [6.45, 7) is 1.83. The summed E-state index contributed by atoms with van der Waals surface area (Å²) in [5.41, 5.74) is 0.684. The Bertz CT molecular complexity index is 343. The Labute approximate surface area is 79.8 Å². The maximum atomic E-state index is 12.4. The van der Waals surface area contributed by atoms with Gasteiger partial charge in [-0.25, -0.2) is 0 Å². The number of aryl methyl sites for hydroxylation is 1. The molecule has 0 unspecified atom stereocenters. The van der Waals surface area contributed by atoms with Crippen LogP contribution in [0.2, 0.25) is 0 Å². The summed E-state index contributed by atoms with van der Waals surface area (Å²) in [4.78, 5) is 0.